The number of ether oxygens (including phenoxy) is 1. The Morgan fingerprint density at radius 2 is 1.50 bits per heavy atom. The molecule has 0 fully saturated rings. The maximum absolute atomic E-state index is 12.4. The van der Waals surface area contributed by atoms with Crippen molar-refractivity contribution in [1.82, 2.24) is 0 Å². The SMILES string of the molecule is CC(C)CC[C@H](C(=O)O)C(=O)OCC1c2ccccc2-c2ccccc21. The number of aliphatic carboxylic acids is 1. The topological polar surface area (TPSA) is 63.6 Å². The van der Waals surface area contributed by atoms with E-state index < -0.39 is 17.9 Å². The number of esters is 1. The van der Waals surface area contributed by atoms with Gasteiger partial charge in [-0.1, -0.05) is 62.4 Å². The molecule has 2 aromatic carbocycles. The van der Waals surface area contributed by atoms with Gasteiger partial charge in [0, 0.05) is 5.92 Å². The Bertz CT molecular complexity index is 764. The standard InChI is InChI=1S/C22H24O4/c1-14(2)11-12-19(21(23)24)22(25)26-13-20-17-9-5-3-7-15(17)16-8-4-6-10-18(16)20/h3-10,14,19-20H,11-13H2,1-2H3,(H,23,24)/t19-/m1/s1. The van der Waals surface area contributed by atoms with Crippen LogP contribution in [0.5, 0.6) is 0 Å². The molecule has 136 valence electrons. The second-order valence-electron chi connectivity index (χ2n) is 7.22. The van der Waals surface area contributed by atoms with Crippen molar-refractivity contribution >= 4 is 11.9 Å². The monoisotopic (exact) mass is 352 g/mol. The van der Waals surface area contributed by atoms with Crippen LogP contribution >= 0.6 is 0 Å². The number of carbonyl (C=O) groups excluding carboxylic acids is 1. The molecule has 26 heavy (non-hydrogen) atoms. The van der Waals surface area contributed by atoms with Crippen LogP contribution in [0.4, 0.5) is 0 Å². The summed E-state index contributed by atoms with van der Waals surface area (Å²) < 4.78 is 5.48. The van der Waals surface area contributed by atoms with Crippen molar-refractivity contribution in [2.45, 2.75) is 32.6 Å². The fourth-order valence-electron chi connectivity index (χ4n) is 3.55. The molecule has 0 saturated heterocycles. The van der Waals surface area contributed by atoms with Crippen molar-refractivity contribution in [3.8, 4) is 11.1 Å². The summed E-state index contributed by atoms with van der Waals surface area (Å²) in [6.45, 7) is 4.19. The Kier molecular flexibility index (Phi) is 5.40. The van der Waals surface area contributed by atoms with E-state index in [0.29, 0.717) is 18.8 Å². The minimum atomic E-state index is -1.11. The summed E-state index contributed by atoms with van der Waals surface area (Å²) in [6, 6.07) is 16.2. The van der Waals surface area contributed by atoms with Gasteiger partial charge in [0.05, 0.1) is 0 Å². The zero-order valence-corrected chi connectivity index (χ0v) is 15.1. The van der Waals surface area contributed by atoms with Crippen molar-refractivity contribution in [2.24, 2.45) is 11.8 Å². The molecule has 0 unspecified atom stereocenters. The summed E-state index contributed by atoms with van der Waals surface area (Å²) in [6.07, 6.45) is 0.991. The summed E-state index contributed by atoms with van der Waals surface area (Å²) in [7, 11) is 0. The second-order valence-corrected chi connectivity index (χ2v) is 7.22. The van der Waals surface area contributed by atoms with Gasteiger partial charge in [-0.15, -0.1) is 0 Å². The fourth-order valence-corrected chi connectivity index (χ4v) is 3.55. The van der Waals surface area contributed by atoms with Gasteiger partial charge in [0.1, 0.15) is 6.61 Å². The van der Waals surface area contributed by atoms with Crippen LogP contribution in [0.25, 0.3) is 11.1 Å². The molecular weight excluding hydrogens is 328 g/mol. The lowest BCUT2D eigenvalue weighted by Gasteiger charge is -2.17. The molecule has 4 heteroatoms. The first-order valence-electron chi connectivity index (χ1n) is 9.06. The highest BCUT2D eigenvalue weighted by molar-refractivity contribution is 5.94. The third-order valence-corrected chi connectivity index (χ3v) is 4.97. The van der Waals surface area contributed by atoms with E-state index in [1.807, 2.05) is 50.2 Å². The van der Waals surface area contributed by atoms with E-state index in [1.54, 1.807) is 0 Å². The van der Waals surface area contributed by atoms with Crippen molar-refractivity contribution in [3.05, 3.63) is 59.7 Å². The number of fused-ring (bicyclic) bond motifs is 3. The van der Waals surface area contributed by atoms with Crippen LogP contribution in [0.3, 0.4) is 0 Å². The van der Waals surface area contributed by atoms with E-state index >= 15 is 0 Å². The average Bonchev–Trinajstić information content (AvgIpc) is 2.93. The van der Waals surface area contributed by atoms with Crippen LogP contribution < -0.4 is 0 Å². The average molecular weight is 352 g/mol. The van der Waals surface area contributed by atoms with Gasteiger partial charge < -0.3 is 9.84 Å². The normalized spacial score (nSPS) is 14.0. The van der Waals surface area contributed by atoms with E-state index in [9.17, 15) is 14.7 Å². The first kappa shape index (κ1) is 18.2. The van der Waals surface area contributed by atoms with Crippen molar-refractivity contribution in [2.75, 3.05) is 6.61 Å². The first-order valence-corrected chi connectivity index (χ1v) is 9.06. The van der Waals surface area contributed by atoms with Gasteiger partial charge >= 0.3 is 11.9 Å². The largest absolute Gasteiger partial charge is 0.481 e. The van der Waals surface area contributed by atoms with Crippen molar-refractivity contribution in [1.29, 1.82) is 0 Å². The maximum atomic E-state index is 12.4. The lowest BCUT2D eigenvalue weighted by Crippen LogP contribution is -2.27. The van der Waals surface area contributed by atoms with Gasteiger partial charge in [0.25, 0.3) is 0 Å². The molecular formula is C22H24O4. The third kappa shape index (κ3) is 3.64. The third-order valence-electron chi connectivity index (χ3n) is 4.97. The summed E-state index contributed by atoms with van der Waals surface area (Å²) >= 11 is 0. The van der Waals surface area contributed by atoms with Crippen molar-refractivity contribution in [3.63, 3.8) is 0 Å². The molecule has 1 aliphatic rings. The quantitative estimate of drug-likeness (QED) is 0.589. The van der Waals surface area contributed by atoms with E-state index in [1.165, 1.54) is 0 Å². The number of hydrogen-bond donors (Lipinski definition) is 1. The van der Waals surface area contributed by atoms with Crippen LogP contribution in [-0.2, 0) is 14.3 Å². The minimum absolute atomic E-state index is 0.0501. The van der Waals surface area contributed by atoms with Gasteiger partial charge in [-0.05, 0) is 41.0 Å². The smallest absolute Gasteiger partial charge is 0.320 e. The molecule has 1 atom stereocenters. The molecule has 0 saturated carbocycles. The highest BCUT2D eigenvalue weighted by Gasteiger charge is 2.32. The highest BCUT2D eigenvalue weighted by atomic mass is 16.5. The van der Waals surface area contributed by atoms with Crippen LogP contribution in [0, 0.1) is 11.8 Å². The number of carbonyl (C=O) groups is 2. The molecule has 1 aliphatic carbocycles. The molecule has 0 aromatic heterocycles. The number of hydrogen-bond acceptors (Lipinski definition) is 3. The maximum Gasteiger partial charge on any atom is 0.320 e. The van der Waals surface area contributed by atoms with Gasteiger partial charge in [-0.3, -0.25) is 9.59 Å². The van der Waals surface area contributed by atoms with E-state index in [0.717, 1.165) is 22.3 Å². The Hall–Kier alpha value is -2.62. The minimum Gasteiger partial charge on any atom is -0.481 e. The van der Waals surface area contributed by atoms with Gasteiger partial charge in [-0.2, -0.15) is 0 Å². The van der Waals surface area contributed by atoms with Crippen LogP contribution in [0.1, 0.15) is 43.7 Å². The second kappa shape index (κ2) is 7.73. The molecule has 0 bridgehead atoms. The summed E-state index contributed by atoms with van der Waals surface area (Å²) in [5, 5.41) is 9.36. The lowest BCUT2D eigenvalue weighted by atomic mass is 9.97. The Labute approximate surface area is 153 Å². The van der Waals surface area contributed by atoms with Crippen molar-refractivity contribution < 1.29 is 19.4 Å². The van der Waals surface area contributed by atoms with Gasteiger partial charge in [0.2, 0.25) is 0 Å². The van der Waals surface area contributed by atoms with Gasteiger partial charge in [-0.25, -0.2) is 0 Å². The number of benzene rings is 2. The van der Waals surface area contributed by atoms with Gasteiger partial charge in [0.15, 0.2) is 5.92 Å². The molecule has 0 amide bonds. The predicted octanol–water partition coefficient (Wildman–Crippen LogP) is 4.48. The zero-order chi connectivity index (χ0) is 18.7. The summed E-state index contributed by atoms with van der Waals surface area (Å²) in [5.74, 6) is -2.55. The fraction of sp³-hybridized carbons (Fsp3) is 0.364. The first-order chi connectivity index (χ1) is 12.5. The number of carboxylic acid groups (broad SMARTS) is 1. The van der Waals surface area contributed by atoms with Crippen LogP contribution in [-0.4, -0.2) is 23.7 Å². The van der Waals surface area contributed by atoms with E-state index in [-0.39, 0.29) is 12.5 Å². The number of carboxylic acids is 1. The van der Waals surface area contributed by atoms with E-state index in [4.69, 9.17) is 4.74 Å². The molecule has 0 heterocycles. The summed E-state index contributed by atoms with van der Waals surface area (Å²) in [5.41, 5.74) is 4.54. The zero-order valence-electron chi connectivity index (χ0n) is 15.1. The Balaban J connectivity index is 1.75. The van der Waals surface area contributed by atoms with Crippen LogP contribution in [0.2, 0.25) is 0 Å². The number of rotatable bonds is 7. The Morgan fingerprint density at radius 3 is 2.00 bits per heavy atom. The summed E-state index contributed by atoms with van der Waals surface area (Å²) in [4.78, 5) is 23.8. The van der Waals surface area contributed by atoms with E-state index in [2.05, 4.69) is 12.1 Å². The van der Waals surface area contributed by atoms with Crippen LogP contribution in [0.15, 0.2) is 48.5 Å². The molecule has 1 N–H and O–H groups in total. The Morgan fingerprint density at radius 1 is 0.962 bits per heavy atom. The highest BCUT2D eigenvalue weighted by Crippen LogP contribution is 2.44. The molecule has 0 spiro atoms. The predicted molar refractivity (Wildman–Crippen MR) is 99.9 cm³/mol. The molecule has 4 nitrogen and oxygen atoms in total. The molecule has 0 radical (unpaired) electrons. The molecule has 2 aromatic rings. The molecule has 0 aliphatic heterocycles. The lowest BCUT2D eigenvalue weighted by molar-refractivity contribution is -0.159. The molecule has 3 rings (SSSR count).